The van der Waals surface area contributed by atoms with Gasteiger partial charge in [-0.3, -0.25) is 0 Å². The van der Waals surface area contributed by atoms with E-state index < -0.39 is 0 Å². The van der Waals surface area contributed by atoms with Crippen LogP contribution in [-0.4, -0.2) is 25.3 Å². The van der Waals surface area contributed by atoms with E-state index in [0.717, 1.165) is 6.54 Å². The Balaban J connectivity index is 2.89. The van der Waals surface area contributed by atoms with Crippen molar-refractivity contribution in [2.24, 2.45) is 0 Å². The van der Waals surface area contributed by atoms with E-state index in [1.165, 1.54) is 6.07 Å². The van der Waals surface area contributed by atoms with Gasteiger partial charge in [0.1, 0.15) is 5.82 Å². The highest BCUT2D eigenvalue weighted by Gasteiger charge is 2.29. The summed E-state index contributed by atoms with van der Waals surface area (Å²) in [6.07, 6.45) is 0.567. The fraction of sp³-hybridized carbons (Fsp3) is 0.571. The number of halogens is 2. The Hall–Kier alpha value is -0.640. The van der Waals surface area contributed by atoms with Gasteiger partial charge < -0.3 is 10.1 Å². The Kier molecular flexibility index (Phi) is 5.57. The largest absolute Gasteiger partial charge is 0.377 e. The van der Waals surface area contributed by atoms with Crippen LogP contribution in [0.25, 0.3) is 0 Å². The zero-order valence-electron chi connectivity index (χ0n) is 11.4. The Morgan fingerprint density at radius 3 is 2.61 bits per heavy atom. The van der Waals surface area contributed by atoms with Crippen LogP contribution >= 0.6 is 11.6 Å². The lowest BCUT2D eigenvalue weighted by Gasteiger charge is -2.34. The smallest absolute Gasteiger partial charge is 0.127 e. The number of likely N-dealkylation sites (N-methyl/N-ethyl adjacent to an activating group) is 1. The van der Waals surface area contributed by atoms with Crippen LogP contribution in [-0.2, 0) is 11.2 Å². The number of ether oxygens (including phenoxy) is 1. The van der Waals surface area contributed by atoms with Gasteiger partial charge >= 0.3 is 0 Å². The van der Waals surface area contributed by atoms with Crippen LogP contribution in [0.5, 0.6) is 0 Å². The first-order valence-electron chi connectivity index (χ1n) is 6.13. The van der Waals surface area contributed by atoms with Crippen molar-refractivity contribution in [1.29, 1.82) is 0 Å². The average molecular weight is 274 g/mol. The van der Waals surface area contributed by atoms with Crippen LogP contribution in [0.4, 0.5) is 4.39 Å². The third-order valence-corrected chi connectivity index (χ3v) is 3.49. The van der Waals surface area contributed by atoms with Gasteiger partial charge in [0.05, 0.1) is 5.60 Å². The summed E-state index contributed by atoms with van der Waals surface area (Å²) in [5.74, 6) is -0.266. The highest BCUT2D eigenvalue weighted by Crippen LogP contribution is 2.21. The fourth-order valence-corrected chi connectivity index (χ4v) is 2.02. The van der Waals surface area contributed by atoms with Crippen molar-refractivity contribution >= 4 is 11.6 Å². The molecule has 1 N–H and O–H groups in total. The summed E-state index contributed by atoms with van der Waals surface area (Å²) in [6.45, 7) is 6.83. The van der Waals surface area contributed by atoms with E-state index in [1.807, 2.05) is 20.8 Å². The zero-order valence-corrected chi connectivity index (χ0v) is 12.1. The molecule has 0 saturated carbocycles. The van der Waals surface area contributed by atoms with Gasteiger partial charge in [0, 0.05) is 18.2 Å². The minimum Gasteiger partial charge on any atom is -0.377 e. The molecule has 0 aliphatic carbocycles. The molecule has 0 radical (unpaired) electrons. The van der Waals surface area contributed by atoms with Gasteiger partial charge in [-0.1, -0.05) is 24.6 Å². The lowest BCUT2D eigenvalue weighted by Crippen LogP contribution is -2.49. The van der Waals surface area contributed by atoms with Crippen molar-refractivity contribution < 1.29 is 9.13 Å². The number of rotatable bonds is 6. The highest BCUT2D eigenvalue weighted by molar-refractivity contribution is 6.30. The van der Waals surface area contributed by atoms with Crippen LogP contribution in [0, 0.1) is 5.82 Å². The van der Waals surface area contributed by atoms with Crippen molar-refractivity contribution in [1.82, 2.24) is 5.32 Å². The standard InChI is InChI=1S/C14H21ClFNO/c1-5-17-13(14(2,3)18-4)8-10-6-7-11(15)9-12(10)16/h6-7,9,13,17H,5,8H2,1-4H3. The lowest BCUT2D eigenvalue weighted by molar-refractivity contribution is -0.00978. The molecule has 0 aromatic heterocycles. The number of methoxy groups -OCH3 is 1. The quantitative estimate of drug-likeness (QED) is 0.857. The molecule has 0 saturated heterocycles. The van der Waals surface area contributed by atoms with Crippen molar-refractivity contribution in [3.63, 3.8) is 0 Å². The molecule has 1 atom stereocenters. The van der Waals surface area contributed by atoms with E-state index >= 15 is 0 Å². The second kappa shape index (κ2) is 6.50. The second-order valence-corrected chi connectivity index (χ2v) is 5.29. The minimum atomic E-state index is -0.359. The summed E-state index contributed by atoms with van der Waals surface area (Å²) in [6, 6.07) is 4.83. The molecule has 1 unspecified atom stereocenters. The Bertz CT molecular complexity index is 395. The summed E-state index contributed by atoms with van der Waals surface area (Å²) in [7, 11) is 1.67. The van der Waals surface area contributed by atoms with Gasteiger partial charge in [0.15, 0.2) is 0 Å². The Morgan fingerprint density at radius 1 is 1.44 bits per heavy atom. The third-order valence-electron chi connectivity index (χ3n) is 3.25. The molecule has 0 bridgehead atoms. The first-order chi connectivity index (χ1) is 8.40. The van der Waals surface area contributed by atoms with Crippen LogP contribution in [0.3, 0.4) is 0 Å². The SMILES string of the molecule is CCNC(Cc1ccc(Cl)cc1F)C(C)(C)OC. The third kappa shape index (κ3) is 3.94. The van der Waals surface area contributed by atoms with Gasteiger partial charge in [-0.25, -0.2) is 4.39 Å². The van der Waals surface area contributed by atoms with E-state index in [4.69, 9.17) is 16.3 Å². The molecular weight excluding hydrogens is 253 g/mol. The molecule has 0 amide bonds. The first kappa shape index (κ1) is 15.4. The molecule has 1 aromatic carbocycles. The predicted octanol–water partition coefficient (Wildman–Crippen LogP) is 3.42. The fourth-order valence-electron chi connectivity index (χ4n) is 1.86. The molecule has 2 nitrogen and oxygen atoms in total. The summed E-state index contributed by atoms with van der Waals surface area (Å²) < 4.78 is 19.3. The zero-order chi connectivity index (χ0) is 13.8. The molecule has 1 aromatic rings. The molecule has 0 heterocycles. The number of hydrogen-bond donors (Lipinski definition) is 1. The molecule has 0 aliphatic heterocycles. The van der Waals surface area contributed by atoms with Crippen LogP contribution in [0.2, 0.25) is 5.02 Å². The van der Waals surface area contributed by atoms with E-state index in [9.17, 15) is 4.39 Å². The predicted molar refractivity (Wildman–Crippen MR) is 73.7 cm³/mol. The van der Waals surface area contributed by atoms with E-state index in [-0.39, 0.29) is 17.5 Å². The molecule has 0 aliphatic rings. The molecular formula is C14H21ClFNO. The van der Waals surface area contributed by atoms with Crippen LogP contribution in [0.1, 0.15) is 26.3 Å². The first-order valence-corrected chi connectivity index (χ1v) is 6.51. The number of nitrogens with one attached hydrogen (secondary N) is 1. The van der Waals surface area contributed by atoms with Gasteiger partial charge in [-0.05, 0) is 44.5 Å². The molecule has 102 valence electrons. The summed E-state index contributed by atoms with van der Waals surface area (Å²) in [5, 5.41) is 3.76. The normalized spacial score (nSPS) is 13.7. The van der Waals surface area contributed by atoms with Crippen LogP contribution < -0.4 is 5.32 Å². The molecule has 1 rings (SSSR count). The monoisotopic (exact) mass is 273 g/mol. The van der Waals surface area contributed by atoms with Gasteiger partial charge in [0.25, 0.3) is 0 Å². The van der Waals surface area contributed by atoms with E-state index in [1.54, 1.807) is 19.2 Å². The minimum absolute atomic E-state index is 0.0446. The Labute approximate surface area is 113 Å². The Morgan fingerprint density at radius 2 is 2.11 bits per heavy atom. The average Bonchev–Trinajstić information content (AvgIpc) is 2.31. The van der Waals surface area contributed by atoms with Gasteiger partial charge in [-0.2, -0.15) is 0 Å². The van der Waals surface area contributed by atoms with Gasteiger partial charge in [0.2, 0.25) is 0 Å². The summed E-state index contributed by atoms with van der Waals surface area (Å²) >= 11 is 5.75. The van der Waals surface area contributed by atoms with Crippen molar-refractivity contribution in [2.75, 3.05) is 13.7 Å². The lowest BCUT2D eigenvalue weighted by atomic mass is 9.92. The highest BCUT2D eigenvalue weighted by atomic mass is 35.5. The molecule has 0 fully saturated rings. The number of hydrogen-bond acceptors (Lipinski definition) is 2. The maximum Gasteiger partial charge on any atom is 0.127 e. The van der Waals surface area contributed by atoms with E-state index in [0.29, 0.717) is 17.0 Å². The van der Waals surface area contributed by atoms with Crippen molar-refractivity contribution in [3.05, 3.63) is 34.6 Å². The maximum atomic E-state index is 13.8. The molecule has 4 heteroatoms. The molecule has 18 heavy (non-hydrogen) atoms. The second-order valence-electron chi connectivity index (χ2n) is 4.86. The van der Waals surface area contributed by atoms with Crippen molar-refractivity contribution in [3.8, 4) is 0 Å². The van der Waals surface area contributed by atoms with Crippen LogP contribution in [0.15, 0.2) is 18.2 Å². The van der Waals surface area contributed by atoms with Gasteiger partial charge in [-0.15, -0.1) is 0 Å². The van der Waals surface area contributed by atoms with Crippen molar-refractivity contribution in [2.45, 2.75) is 38.8 Å². The maximum absolute atomic E-state index is 13.8. The number of benzene rings is 1. The summed E-state index contributed by atoms with van der Waals surface area (Å²) in [5.41, 5.74) is 0.290. The van der Waals surface area contributed by atoms with E-state index in [2.05, 4.69) is 5.32 Å². The molecule has 0 spiro atoms. The topological polar surface area (TPSA) is 21.3 Å². The summed E-state index contributed by atoms with van der Waals surface area (Å²) in [4.78, 5) is 0.